The summed E-state index contributed by atoms with van der Waals surface area (Å²) in [7, 11) is -3.48. The summed E-state index contributed by atoms with van der Waals surface area (Å²) in [5.41, 5.74) is 5.40. The van der Waals surface area contributed by atoms with Gasteiger partial charge in [0.05, 0.1) is 5.75 Å². The van der Waals surface area contributed by atoms with E-state index in [-0.39, 0.29) is 17.6 Å². The molecule has 1 rings (SSSR count). The van der Waals surface area contributed by atoms with Crippen LogP contribution in [0.25, 0.3) is 0 Å². The van der Waals surface area contributed by atoms with E-state index in [1.807, 2.05) is 0 Å². The Morgan fingerprint density at radius 2 is 1.89 bits per heavy atom. The van der Waals surface area contributed by atoms with Gasteiger partial charge in [-0.3, -0.25) is 4.79 Å². The van der Waals surface area contributed by atoms with Gasteiger partial charge in [-0.15, -0.1) is 0 Å². The van der Waals surface area contributed by atoms with E-state index >= 15 is 0 Å². The monoisotopic (exact) mass is 277 g/mol. The average Bonchev–Trinajstić information content (AvgIpc) is 2.56. The summed E-state index contributed by atoms with van der Waals surface area (Å²) in [6, 6.07) is 0. The first-order valence-corrected chi connectivity index (χ1v) is 8.12. The predicted molar refractivity (Wildman–Crippen MR) is 70.2 cm³/mol. The summed E-state index contributed by atoms with van der Waals surface area (Å²) in [5, 5.41) is 4.99. The Labute approximate surface area is 109 Å². The van der Waals surface area contributed by atoms with Crippen LogP contribution >= 0.6 is 0 Å². The second kappa shape index (κ2) is 7.06. The van der Waals surface area contributed by atoms with Crippen molar-refractivity contribution in [1.82, 2.24) is 4.90 Å². The van der Waals surface area contributed by atoms with Gasteiger partial charge in [-0.2, -0.15) is 0 Å². The SMILES string of the molecule is NCCCCCCN1CC(CS(N)(=O)=O)CC1=O. The molecule has 1 heterocycles. The minimum absolute atomic E-state index is 0.0440. The minimum atomic E-state index is -3.48. The maximum absolute atomic E-state index is 11.7. The van der Waals surface area contributed by atoms with Gasteiger partial charge in [0.1, 0.15) is 0 Å². The Hall–Kier alpha value is -0.660. The van der Waals surface area contributed by atoms with Gasteiger partial charge < -0.3 is 10.6 Å². The zero-order valence-corrected chi connectivity index (χ0v) is 11.5. The fourth-order valence-corrected chi connectivity index (χ4v) is 3.19. The molecule has 0 aliphatic carbocycles. The highest BCUT2D eigenvalue weighted by atomic mass is 32.2. The smallest absolute Gasteiger partial charge is 0.222 e. The van der Waals surface area contributed by atoms with E-state index in [4.69, 9.17) is 10.9 Å². The number of carbonyl (C=O) groups is 1. The highest BCUT2D eigenvalue weighted by molar-refractivity contribution is 7.89. The van der Waals surface area contributed by atoms with E-state index in [0.717, 1.165) is 25.7 Å². The number of primary sulfonamides is 1. The van der Waals surface area contributed by atoms with Crippen molar-refractivity contribution in [3.8, 4) is 0 Å². The van der Waals surface area contributed by atoms with Crippen LogP contribution in [0.4, 0.5) is 0 Å². The minimum Gasteiger partial charge on any atom is -0.342 e. The second-order valence-electron chi connectivity index (χ2n) is 4.94. The van der Waals surface area contributed by atoms with Crippen molar-refractivity contribution >= 4 is 15.9 Å². The molecule has 0 aromatic carbocycles. The summed E-state index contributed by atoms with van der Waals surface area (Å²) in [5.74, 6) is -0.193. The molecular weight excluding hydrogens is 254 g/mol. The molecule has 0 spiro atoms. The topological polar surface area (TPSA) is 106 Å². The Bertz CT molecular complexity index is 370. The number of hydrogen-bond donors (Lipinski definition) is 2. The Kier molecular flexibility index (Phi) is 6.04. The van der Waals surface area contributed by atoms with E-state index in [0.29, 0.717) is 26.1 Å². The fourth-order valence-electron chi connectivity index (χ4n) is 2.31. The standard InChI is InChI=1S/C11H23N3O3S/c12-5-3-1-2-4-6-14-8-10(7-11(14)15)9-18(13,16)17/h10H,1-9,12H2,(H2,13,16,17). The number of rotatable bonds is 8. The lowest BCUT2D eigenvalue weighted by molar-refractivity contribution is -0.127. The molecule has 1 atom stereocenters. The molecule has 4 N–H and O–H groups in total. The van der Waals surface area contributed by atoms with Gasteiger partial charge in [0.25, 0.3) is 0 Å². The van der Waals surface area contributed by atoms with Crippen LogP contribution in [-0.2, 0) is 14.8 Å². The van der Waals surface area contributed by atoms with Crippen LogP contribution in [0.3, 0.4) is 0 Å². The molecular formula is C11H23N3O3S. The molecule has 18 heavy (non-hydrogen) atoms. The number of unbranched alkanes of at least 4 members (excludes halogenated alkanes) is 3. The van der Waals surface area contributed by atoms with Crippen LogP contribution in [0.15, 0.2) is 0 Å². The number of likely N-dealkylation sites (tertiary alicyclic amines) is 1. The molecule has 106 valence electrons. The molecule has 0 bridgehead atoms. The lowest BCUT2D eigenvalue weighted by atomic mass is 10.1. The molecule has 1 aliphatic heterocycles. The van der Waals surface area contributed by atoms with Crippen molar-refractivity contribution in [1.29, 1.82) is 0 Å². The molecule has 1 amide bonds. The number of nitrogens with zero attached hydrogens (tertiary/aromatic N) is 1. The lowest BCUT2D eigenvalue weighted by Gasteiger charge is -2.16. The molecule has 0 saturated carbocycles. The van der Waals surface area contributed by atoms with Crippen LogP contribution < -0.4 is 10.9 Å². The third kappa shape index (κ3) is 5.79. The molecule has 0 aromatic heterocycles. The van der Waals surface area contributed by atoms with Gasteiger partial charge in [0.15, 0.2) is 0 Å². The van der Waals surface area contributed by atoms with Gasteiger partial charge in [0, 0.05) is 25.4 Å². The molecule has 1 fully saturated rings. The van der Waals surface area contributed by atoms with Gasteiger partial charge >= 0.3 is 0 Å². The van der Waals surface area contributed by atoms with Crippen molar-refractivity contribution < 1.29 is 13.2 Å². The van der Waals surface area contributed by atoms with Gasteiger partial charge in [-0.25, -0.2) is 13.6 Å². The highest BCUT2D eigenvalue weighted by Gasteiger charge is 2.31. The van der Waals surface area contributed by atoms with E-state index in [9.17, 15) is 13.2 Å². The summed E-state index contributed by atoms with van der Waals surface area (Å²) < 4.78 is 21.9. The Morgan fingerprint density at radius 3 is 2.50 bits per heavy atom. The quantitative estimate of drug-likeness (QED) is 0.591. The Balaban J connectivity index is 2.25. The third-order valence-corrected chi connectivity index (χ3v) is 4.08. The summed E-state index contributed by atoms with van der Waals surface area (Å²) in [6.45, 7) is 1.94. The van der Waals surface area contributed by atoms with Crippen LogP contribution in [0.1, 0.15) is 32.1 Å². The molecule has 7 heteroatoms. The lowest BCUT2D eigenvalue weighted by Crippen LogP contribution is -2.28. The second-order valence-corrected chi connectivity index (χ2v) is 6.60. The predicted octanol–water partition coefficient (Wildman–Crippen LogP) is -0.357. The van der Waals surface area contributed by atoms with Crippen LogP contribution in [0, 0.1) is 5.92 Å². The van der Waals surface area contributed by atoms with E-state index in [1.165, 1.54) is 0 Å². The molecule has 0 radical (unpaired) electrons. The molecule has 1 unspecified atom stereocenters. The number of carbonyl (C=O) groups excluding carboxylic acids is 1. The van der Waals surface area contributed by atoms with Gasteiger partial charge in [-0.05, 0) is 19.4 Å². The van der Waals surface area contributed by atoms with Crippen molar-refractivity contribution in [3.63, 3.8) is 0 Å². The largest absolute Gasteiger partial charge is 0.342 e. The number of hydrogen-bond acceptors (Lipinski definition) is 4. The molecule has 1 saturated heterocycles. The van der Waals surface area contributed by atoms with E-state index < -0.39 is 10.0 Å². The maximum atomic E-state index is 11.7. The van der Waals surface area contributed by atoms with Crippen molar-refractivity contribution in [2.45, 2.75) is 32.1 Å². The first-order chi connectivity index (χ1) is 8.42. The summed E-state index contributed by atoms with van der Waals surface area (Å²) in [6.07, 6.45) is 4.41. The third-order valence-electron chi connectivity index (χ3n) is 3.14. The fraction of sp³-hybridized carbons (Fsp3) is 0.909. The zero-order chi connectivity index (χ0) is 13.6. The molecule has 6 nitrogen and oxygen atoms in total. The summed E-state index contributed by atoms with van der Waals surface area (Å²) in [4.78, 5) is 13.4. The van der Waals surface area contributed by atoms with Crippen molar-refractivity contribution in [2.24, 2.45) is 16.8 Å². The summed E-state index contributed by atoms with van der Waals surface area (Å²) >= 11 is 0. The zero-order valence-electron chi connectivity index (χ0n) is 10.7. The van der Waals surface area contributed by atoms with E-state index in [1.54, 1.807) is 4.90 Å². The van der Waals surface area contributed by atoms with E-state index in [2.05, 4.69) is 0 Å². The van der Waals surface area contributed by atoms with Crippen LogP contribution in [0.5, 0.6) is 0 Å². The highest BCUT2D eigenvalue weighted by Crippen LogP contribution is 2.19. The first-order valence-electron chi connectivity index (χ1n) is 6.40. The molecule has 1 aliphatic rings. The number of amides is 1. The number of sulfonamides is 1. The first kappa shape index (κ1) is 15.4. The Morgan fingerprint density at radius 1 is 1.22 bits per heavy atom. The maximum Gasteiger partial charge on any atom is 0.222 e. The average molecular weight is 277 g/mol. The van der Waals surface area contributed by atoms with Crippen LogP contribution in [0.2, 0.25) is 0 Å². The van der Waals surface area contributed by atoms with Crippen molar-refractivity contribution in [3.05, 3.63) is 0 Å². The van der Waals surface area contributed by atoms with Crippen molar-refractivity contribution in [2.75, 3.05) is 25.4 Å². The number of nitrogens with two attached hydrogens (primary N) is 2. The van der Waals surface area contributed by atoms with Gasteiger partial charge in [-0.1, -0.05) is 12.8 Å². The van der Waals surface area contributed by atoms with Crippen LogP contribution in [-0.4, -0.2) is 44.6 Å². The van der Waals surface area contributed by atoms with Gasteiger partial charge in [0.2, 0.25) is 15.9 Å². The molecule has 0 aromatic rings. The normalized spacial score (nSPS) is 20.7.